The molecule has 1 aromatic carbocycles. The molecule has 1 N–H and O–H groups in total. The van der Waals surface area contributed by atoms with Crippen LogP contribution in [0.15, 0.2) is 22.0 Å². The summed E-state index contributed by atoms with van der Waals surface area (Å²) in [6.07, 6.45) is 3.17. The fraction of sp³-hybridized carbons (Fsp3) is 0.312. The Morgan fingerprint density at radius 3 is 2.59 bits per heavy atom. The summed E-state index contributed by atoms with van der Waals surface area (Å²) in [7, 11) is 0. The number of aryl methyl sites for hydroxylation is 1. The molecule has 0 bridgehead atoms. The monoisotopic (exact) mass is 333 g/mol. The number of fused-ring (bicyclic) bond motifs is 1. The molecule has 1 saturated carbocycles. The van der Waals surface area contributed by atoms with Crippen molar-refractivity contribution in [3.63, 3.8) is 0 Å². The van der Waals surface area contributed by atoms with E-state index in [1.165, 1.54) is 0 Å². The van der Waals surface area contributed by atoms with Crippen LogP contribution in [-0.4, -0.2) is 27.9 Å². The van der Waals surface area contributed by atoms with E-state index in [-0.39, 0.29) is 22.9 Å². The zero-order chi connectivity index (χ0) is 15.9. The number of aromatic nitrogens is 1. The van der Waals surface area contributed by atoms with Gasteiger partial charge >= 0.3 is 0 Å². The topological polar surface area (TPSA) is 67.3 Å². The van der Waals surface area contributed by atoms with Crippen LogP contribution in [0.2, 0.25) is 0 Å². The Balaban J connectivity index is 2.18. The summed E-state index contributed by atoms with van der Waals surface area (Å²) < 4.78 is 1.98. The largest absolute Gasteiger partial charge is 0.506 e. The molecule has 1 aliphatic carbocycles. The molecule has 0 spiro atoms. The Kier molecular flexibility index (Phi) is 4.06. The maximum atomic E-state index is 12.0. The number of carbonyl (C=O) groups excluding carboxylic acids is 2. The van der Waals surface area contributed by atoms with E-state index < -0.39 is 0 Å². The number of hydrogen-bond acceptors (Lipinski definition) is 6. The lowest BCUT2D eigenvalue weighted by molar-refractivity contribution is -0.123. The second kappa shape index (κ2) is 5.85. The van der Waals surface area contributed by atoms with Crippen LogP contribution in [0.25, 0.3) is 16.0 Å². The zero-order valence-electron chi connectivity index (χ0n) is 12.3. The maximum absolute atomic E-state index is 12.0. The molecule has 0 radical (unpaired) electrons. The fourth-order valence-corrected chi connectivity index (χ4v) is 4.20. The average molecular weight is 333 g/mol. The van der Waals surface area contributed by atoms with Gasteiger partial charge in [0.2, 0.25) is 0 Å². The highest BCUT2D eigenvalue weighted by Crippen LogP contribution is 2.34. The summed E-state index contributed by atoms with van der Waals surface area (Å²) in [5.74, 6) is -0.736. The van der Waals surface area contributed by atoms with Crippen LogP contribution in [0.3, 0.4) is 0 Å². The first-order chi connectivity index (χ1) is 10.5. The van der Waals surface area contributed by atoms with E-state index in [4.69, 9.17) is 0 Å². The molecule has 1 heterocycles. The Morgan fingerprint density at radius 1 is 1.27 bits per heavy atom. The molecule has 2 aromatic rings. The number of carbonyl (C=O) groups is 2. The fourth-order valence-electron chi connectivity index (χ4n) is 2.66. The lowest BCUT2D eigenvalue weighted by Crippen LogP contribution is -2.20. The lowest BCUT2D eigenvalue weighted by atomic mass is 9.89. The van der Waals surface area contributed by atoms with E-state index in [1.54, 1.807) is 29.2 Å². The van der Waals surface area contributed by atoms with Gasteiger partial charge in [0.1, 0.15) is 11.3 Å². The van der Waals surface area contributed by atoms with Crippen LogP contribution in [0.5, 0.6) is 0 Å². The molecule has 0 unspecified atom stereocenters. The molecule has 0 atom stereocenters. The Labute approximate surface area is 136 Å². The number of aliphatic hydroxyl groups excluding tert-OH is 1. The number of ketones is 2. The maximum Gasteiger partial charge on any atom is 0.170 e. The highest BCUT2D eigenvalue weighted by molar-refractivity contribution is 8.00. The Bertz CT molecular complexity index is 802. The Hall–Kier alpha value is -1.66. The van der Waals surface area contributed by atoms with E-state index >= 15 is 0 Å². The molecule has 0 aliphatic heterocycles. The molecule has 1 fully saturated rings. The van der Waals surface area contributed by atoms with Crippen LogP contribution in [0.4, 0.5) is 0 Å². The number of allylic oxidation sites excluding steroid dienone is 1. The minimum atomic E-state index is -0.267. The molecule has 22 heavy (non-hydrogen) atoms. The van der Waals surface area contributed by atoms with E-state index in [1.807, 2.05) is 19.2 Å². The number of nitrogens with zero attached hydrogens (tertiary/aromatic N) is 1. The molecule has 1 aromatic heterocycles. The van der Waals surface area contributed by atoms with Crippen LogP contribution in [0.1, 0.15) is 30.4 Å². The number of rotatable bonds is 2. The highest BCUT2D eigenvalue weighted by atomic mass is 32.2. The number of hydrogen-bond donors (Lipinski definition) is 1. The van der Waals surface area contributed by atoms with Gasteiger partial charge in [-0.3, -0.25) is 9.59 Å². The molecule has 3 rings (SSSR count). The predicted octanol–water partition coefficient (Wildman–Crippen LogP) is 3.92. The van der Waals surface area contributed by atoms with Gasteiger partial charge in [-0.25, -0.2) is 4.98 Å². The third-order valence-corrected chi connectivity index (χ3v) is 5.83. The normalized spacial score (nSPS) is 15.6. The van der Waals surface area contributed by atoms with E-state index in [9.17, 15) is 14.7 Å². The second-order valence-electron chi connectivity index (χ2n) is 5.19. The Morgan fingerprint density at radius 2 is 1.95 bits per heavy atom. The molecule has 0 amide bonds. The summed E-state index contributed by atoms with van der Waals surface area (Å²) in [6.45, 7) is 1.86. The molecule has 1 aliphatic rings. The number of benzene rings is 1. The predicted molar refractivity (Wildman–Crippen MR) is 89.6 cm³/mol. The SMILES string of the molecule is CSc1nc2c(C)c(C(O)=C3C(=O)CCCC3=O)ccc2s1. The van der Waals surface area contributed by atoms with Crippen molar-refractivity contribution in [2.75, 3.05) is 6.26 Å². The van der Waals surface area contributed by atoms with E-state index in [0.29, 0.717) is 24.8 Å². The van der Waals surface area contributed by atoms with Gasteiger partial charge in [-0.05, 0) is 37.3 Å². The van der Waals surface area contributed by atoms with Crippen molar-refractivity contribution in [3.8, 4) is 0 Å². The summed E-state index contributed by atoms with van der Waals surface area (Å²) in [4.78, 5) is 28.5. The van der Waals surface area contributed by atoms with Crippen molar-refractivity contribution in [3.05, 3.63) is 28.8 Å². The van der Waals surface area contributed by atoms with Crippen molar-refractivity contribution >= 4 is 50.6 Å². The van der Waals surface area contributed by atoms with Crippen LogP contribution >= 0.6 is 23.1 Å². The first-order valence-corrected chi connectivity index (χ1v) is 9.01. The molecule has 4 nitrogen and oxygen atoms in total. The van der Waals surface area contributed by atoms with E-state index in [2.05, 4.69) is 4.98 Å². The van der Waals surface area contributed by atoms with Crippen LogP contribution < -0.4 is 0 Å². The van der Waals surface area contributed by atoms with Gasteiger partial charge in [-0.15, -0.1) is 11.3 Å². The van der Waals surface area contributed by atoms with Gasteiger partial charge in [-0.1, -0.05) is 11.8 Å². The second-order valence-corrected chi connectivity index (χ2v) is 7.28. The standard InChI is InChI=1S/C16H15NO3S2/c1-8-9(6-7-12-14(8)17-16(21-2)22-12)15(20)13-10(18)4-3-5-11(13)19/h6-7,20H,3-5H2,1-2H3. The zero-order valence-corrected chi connectivity index (χ0v) is 13.9. The van der Waals surface area contributed by atoms with E-state index in [0.717, 1.165) is 20.1 Å². The van der Waals surface area contributed by atoms with Crippen molar-refractivity contribution in [1.82, 2.24) is 4.98 Å². The number of aliphatic hydroxyl groups is 1. The van der Waals surface area contributed by atoms with Gasteiger partial charge in [-0.2, -0.15) is 0 Å². The highest BCUT2D eigenvalue weighted by Gasteiger charge is 2.28. The lowest BCUT2D eigenvalue weighted by Gasteiger charge is -2.15. The molecule has 114 valence electrons. The summed E-state index contributed by atoms with van der Waals surface area (Å²) in [5, 5.41) is 10.5. The molecule has 0 saturated heterocycles. The summed E-state index contributed by atoms with van der Waals surface area (Å²) in [6, 6.07) is 3.64. The minimum Gasteiger partial charge on any atom is -0.506 e. The van der Waals surface area contributed by atoms with Gasteiger partial charge in [0.05, 0.1) is 10.2 Å². The first-order valence-electron chi connectivity index (χ1n) is 6.97. The van der Waals surface area contributed by atoms with Gasteiger partial charge < -0.3 is 5.11 Å². The van der Waals surface area contributed by atoms with Crippen molar-refractivity contribution in [2.24, 2.45) is 0 Å². The van der Waals surface area contributed by atoms with Crippen LogP contribution in [0, 0.1) is 6.92 Å². The van der Waals surface area contributed by atoms with Gasteiger partial charge in [0.25, 0.3) is 0 Å². The smallest absolute Gasteiger partial charge is 0.170 e. The number of Topliss-reactive ketones (excluding diaryl/α,β-unsaturated/α-hetero) is 2. The minimum absolute atomic E-state index is 0.0472. The molecule has 6 heteroatoms. The van der Waals surface area contributed by atoms with Crippen LogP contribution in [-0.2, 0) is 9.59 Å². The molecular weight excluding hydrogens is 318 g/mol. The quantitative estimate of drug-likeness (QED) is 0.390. The van der Waals surface area contributed by atoms with Gasteiger partial charge in [0.15, 0.2) is 15.9 Å². The number of thiazole rings is 1. The number of thioether (sulfide) groups is 1. The van der Waals surface area contributed by atoms with Crippen molar-refractivity contribution in [2.45, 2.75) is 30.5 Å². The first kappa shape index (κ1) is 15.2. The third kappa shape index (κ3) is 2.46. The summed E-state index contributed by atoms with van der Waals surface area (Å²) in [5.41, 5.74) is 2.08. The third-order valence-electron chi connectivity index (χ3n) is 3.83. The average Bonchev–Trinajstić information content (AvgIpc) is 2.91. The van der Waals surface area contributed by atoms with Gasteiger partial charge in [0, 0.05) is 18.4 Å². The molecular formula is C16H15NO3S2. The van der Waals surface area contributed by atoms with Crippen molar-refractivity contribution < 1.29 is 14.7 Å². The van der Waals surface area contributed by atoms with Crippen molar-refractivity contribution in [1.29, 1.82) is 0 Å². The summed E-state index contributed by atoms with van der Waals surface area (Å²) >= 11 is 3.16.